The van der Waals surface area contributed by atoms with Crippen LogP contribution in [0.1, 0.15) is 16.1 Å². The molecule has 0 atom stereocenters. The molecule has 2 rings (SSSR count). The van der Waals surface area contributed by atoms with Crippen molar-refractivity contribution in [2.75, 3.05) is 12.8 Å². The standard InChI is InChI=1S/C11H10BrN5O4/c1-20-7-3-6(12)2-5(9(7)18)4-14-15-11(19)8-10(13)17-21-16-8/h2-4,18H,1H3,(H2,13,17)(H,15,19). The summed E-state index contributed by atoms with van der Waals surface area (Å²) >= 11 is 3.26. The number of phenols is 1. The summed E-state index contributed by atoms with van der Waals surface area (Å²) in [5, 5.41) is 20.2. The van der Waals surface area contributed by atoms with Gasteiger partial charge in [-0.15, -0.1) is 0 Å². The quantitative estimate of drug-likeness (QED) is 0.547. The van der Waals surface area contributed by atoms with Crippen molar-refractivity contribution in [3.63, 3.8) is 0 Å². The molecule has 4 N–H and O–H groups in total. The summed E-state index contributed by atoms with van der Waals surface area (Å²) in [6, 6.07) is 3.19. The number of aromatic nitrogens is 2. The molecule has 0 radical (unpaired) electrons. The van der Waals surface area contributed by atoms with Crippen molar-refractivity contribution < 1.29 is 19.3 Å². The van der Waals surface area contributed by atoms with Crippen molar-refractivity contribution in [3.8, 4) is 11.5 Å². The number of nitrogens with two attached hydrogens (primary N) is 1. The van der Waals surface area contributed by atoms with Gasteiger partial charge in [0.1, 0.15) is 0 Å². The number of carbonyl (C=O) groups is 1. The molecule has 0 aliphatic heterocycles. The number of phenolic OH excluding ortho intramolecular Hbond substituents is 1. The number of benzene rings is 1. The smallest absolute Gasteiger partial charge is 0.297 e. The molecule has 0 unspecified atom stereocenters. The van der Waals surface area contributed by atoms with E-state index >= 15 is 0 Å². The van der Waals surface area contributed by atoms with Gasteiger partial charge in [0.15, 0.2) is 11.5 Å². The predicted octanol–water partition coefficient (Wildman–Crippen LogP) is 0.892. The first-order valence-electron chi connectivity index (χ1n) is 5.51. The third-order valence-corrected chi connectivity index (χ3v) is 2.85. The van der Waals surface area contributed by atoms with Gasteiger partial charge < -0.3 is 15.6 Å². The van der Waals surface area contributed by atoms with E-state index in [9.17, 15) is 9.90 Å². The van der Waals surface area contributed by atoms with Gasteiger partial charge in [-0.2, -0.15) is 5.10 Å². The lowest BCUT2D eigenvalue weighted by molar-refractivity contribution is 0.0946. The molecule has 110 valence electrons. The number of carbonyl (C=O) groups excluding carboxylic acids is 1. The van der Waals surface area contributed by atoms with Crippen LogP contribution in [0.25, 0.3) is 0 Å². The molecule has 0 fully saturated rings. The topological polar surface area (TPSA) is 136 Å². The molecule has 10 heteroatoms. The first-order valence-corrected chi connectivity index (χ1v) is 6.30. The zero-order chi connectivity index (χ0) is 15.4. The maximum Gasteiger partial charge on any atom is 0.297 e. The van der Waals surface area contributed by atoms with E-state index in [1.807, 2.05) is 0 Å². The van der Waals surface area contributed by atoms with Crippen molar-refractivity contribution in [2.45, 2.75) is 0 Å². The minimum absolute atomic E-state index is 0.110. The normalized spacial score (nSPS) is 10.8. The molecule has 1 aromatic carbocycles. The third kappa shape index (κ3) is 3.28. The van der Waals surface area contributed by atoms with Gasteiger partial charge >= 0.3 is 0 Å². The van der Waals surface area contributed by atoms with E-state index < -0.39 is 5.91 Å². The number of halogens is 1. The molecule has 1 aromatic heterocycles. The van der Waals surface area contributed by atoms with Gasteiger partial charge in [0.2, 0.25) is 11.5 Å². The molecule has 9 nitrogen and oxygen atoms in total. The fourth-order valence-electron chi connectivity index (χ4n) is 1.41. The molecule has 0 saturated heterocycles. The van der Waals surface area contributed by atoms with E-state index in [2.05, 4.69) is 41.4 Å². The second kappa shape index (κ2) is 6.22. The molecule has 1 heterocycles. The molecule has 0 saturated carbocycles. The molecule has 1 amide bonds. The van der Waals surface area contributed by atoms with Gasteiger partial charge in [-0.25, -0.2) is 10.1 Å². The predicted molar refractivity (Wildman–Crippen MR) is 76.1 cm³/mol. The molecule has 21 heavy (non-hydrogen) atoms. The number of rotatable bonds is 4. The van der Waals surface area contributed by atoms with Crippen LogP contribution < -0.4 is 15.9 Å². The summed E-state index contributed by atoms with van der Waals surface area (Å²) in [4.78, 5) is 11.6. The average Bonchev–Trinajstić information content (AvgIpc) is 2.88. The van der Waals surface area contributed by atoms with Crippen LogP contribution in [-0.2, 0) is 0 Å². The lowest BCUT2D eigenvalue weighted by Crippen LogP contribution is -2.19. The lowest BCUT2D eigenvalue weighted by atomic mass is 10.2. The van der Waals surface area contributed by atoms with E-state index in [0.29, 0.717) is 10.0 Å². The Morgan fingerprint density at radius 3 is 2.95 bits per heavy atom. The number of anilines is 1. The van der Waals surface area contributed by atoms with Crippen molar-refractivity contribution >= 4 is 33.9 Å². The number of aromatic hydroxyl groups is 1. The second-order valence-electron chi connectivity index (χ2n) is 3.74. The molecular formula is C11H10BrN5O4. The van der Waals surface area contributed by atoms with Crippen LogP contribution in [0.4, 0.5) is 5.82 Å². The summed E-state index contributed by atoms with van der Waals surface area (Å²) in [5.74, 6) is -0.676. The molecule has 2 aromatic rings. The largest absolute Gasteiger partial charge is 0.504 e. The van der Waals surface area contributed by atoms with Crippen molar-refractivity contribution in [3.05, 3.63) is 27.9 Å². The Hall–Kier alpha value is -2.62. The van der Waals surface area contributed by atoms with Gasteiger partial charge in [-0.3, -0.25) is 4.79 Å². The Morgan fingerprint density at radius 2 is 2.33 bits per heavy atom. The Kier molecular flexibility index (Phi) is 4.38. The van der Waals surface area contributed by atoms with Gasteiger partial charge in [0, 0.05) is 10.0 Å². The van der Waals surface area contributed by atoms with Crippen LogP contribution in [0.15, 0.2) is 26.3 Å². The number of hydrogen-bond donors (Lipinski definition) is 3. The van der Waals surface area contributed by atoms with Crippen LogP contribution >= 0.6 is 15.9 Å². The third-order valence-electron chi connectivity index (χ3n) is 2.39. The number of amides is 1. The van der Waals surface area contributed by atoms with E-state index in [1.54, 1.807) is 12.1 Å². The number of hydrogen-bond acceptors (Lipinski definition) is 8. The van der Waals surface area contributed by atoms with Crippen LogP contribution in [-0.4, -0.2) is 34.7 Å². The zero-order valence-corrected chi connectivity index (χ0v) is 12.3. The summed E-state index contributed by atoms with van der Waals surface area (Å²) in [7, 11) is 1.42. The van der Waals surface area contributed by atoms with Gasteiger partial charge in [-0.1, -0.05) is 15.9 Å². The Bertz CT molecular complexity index is 700. The van der Waals surface area contributed by atoms with Gasteiger partial charge in [0.25, 0.3) is 5.91 Å². The number of hydrazone groups is 1. The first-order chi connectivity index (χ1) is 10.0. The minimum Gasteiger partial charge on any atom is -0.504 e. The number of methoxy groups -OCH3 is 1. The highest BCUT2D eigenvalue weighted by Crippen LogP contribution is 2.32. The summed E-state index contributed by atoms with van der Waals surface area (Å²) in [5.41, 5.74) is 7.71. The highest BCUT2D eigenvalue weighted by molar-refractivity contribution is 9.10. The Labute approximate surface area is 126 Å². The molecule has 0 aliphatic carbocycles. The van der Waals surface area contributed by atoms with Crippen molar-refractivity contribution in [2.24, 2.45) is 5.10 Å². The highest BCUT2D eigenvalue weighted by Gasteiger charge is 2.15. The second-order valence-corrected chi connectivity index (χ2v) is 4.66. The van der Waals surface area contributed by atoms with E-state index in [0.717, 1.165) is 0 Å². The molecular weight excluding hydrogens is 346 g/mol. The first kappa shape index (κ1) is 14.8. The van der Waals surface area contributed by atoms with E-state index in [1.165, 1.54) is 13.3 Å². The van der Waals surface area contributed by atoms with Crippen molar-refractivity contribution in [1.29, 1.82) is 0 Å². The number of nitrogen functional groups attached to an aromatic ring is 1. The van der Waals surface area contributed by atoms with Gasteiger partial charge in [-0.05, 0) is 22.4 Å². The maximum atomic E-state index is 11.6. The molecule has 0 bridgehead atoms. The summed E-state index contributed by atoms with van der Waals surface area (Å²) in [6.45, 7) is 0. The lowest BCUT2D eigenvalue weighted by Gasteiger charge is -2.06. The monoisotopic (exact) mass is 355 g/mol. The van der Waals surface area contributed by atoms with E-state index in [4.69, 9.17) is 10.5 Å². The minimum atomic E-state index is -0.688. The summed E-state index contributed by atoms with van der Waals surface area (Å²) < 4.78 is 9.96. The van der Waals surface area contributed by atoms with Gasteiger partial charge in [0.05, 0.1) is 13.3 Å². The summed E-state index contributed by atoms with van der Waals surface area (Å²) in [6.07, 6.45) is 1.24. The fraction of sp³-hybridized carbons (Fsp3) is 0.0909. The van der Waals surface area contributed by atoms with Crippen LogP contribution in [0.2, 0.25) is 0 Å². The van der Waals surface area contributed by atoms with E-state index in [-0.39, 0.29) is 23.0 Å². The SMILES string of the molecule is COc1cc(Br)cc(C=NNC(=O)c2nonc2N)c1O. The highest BCUT2D eigenvalue weighted by atomic mass is 79.9. The van der Waals surface area contributed by atoms with Crippen LogP contribution in [0.5, 0.6) is 11.5 Å². The number of nitrogens with zero attached hydrogens (tertiary/aromatic N) is 3. The van der Waals surface area contributed by atoms with Crippen LogP contribution in [0.3, 0.4) is 0 Å². The molecule has 0 aliphatic rings. The zero-order valence-electron chi connectivity index (χ0n) is 10.7. The molecule has 0 spiro atoms. The Morgan fingerprint density at radius 1 is 1.57 bits per heavy atom. The maximum absolute atomic E-state index is 11.6. The van der Waals surface area contributed by atoms with Crippen LogP contribution in [0, 0.1) is 0 Å². The fourth-order valence-corrected chi connectivity index (χ4v) is 1.87. The Balaban J connectivity index is 2.14. The average molecular weight is 356 g/mol. The number of nitrogens with one attached hydrogen (secondary N) is 1. The van der Waals surface area contributed by atoms with Crippen molar-refractivity contribution in [1.82, 2.24) is 15.7 Å². The number of ether oxygens (including phenoxy) is 1.